The fraction of sp³-hybridized carbons (Fsp3) is 0.217. The Labute approximate surface area is 187 Å². The highest BCUT2D eigenvalue weighted by Gasteiger charge is 2.36. The average molecular weight is 455 g/mol. The number of benzene rings is 2. The van der Waals surface area contributed by atoms with E-state index in [0.29, 0.717) is 40.6 Å². The van der Waals surface area contributed by atoms with Gasteiger partial charge in [-0.2, -0.15) is 18.2 Å². The third-order valence-electron chi connectivity index (χ3n) is 5.02. The summed E-state index contributed by atoms with van der Waals surface area (Å²) in [5, 5.41) is 6.33. The summed E-state index contributed by atoms with van der Waals surface area (Å²) >= 11 is 0. The molecule has 33 heavy (non-hydrogen) atoms. The smallest absolute Gasteiger partial charge is 0.453 e. The Bertz CT molecular complexity index is 1290. The number of fused-ring (bicyclic) bond motifs is 1. The van der Waals surface area contributed by atoms with Gasteiger partial charge in [0.15, 0.2) is 0 Å². The zero-order chi connectivity index (χ0) is 23.6. The highest BCUT2D eigenvalue weighted by molar-refractivity contribution is 5.90. The maximum Gasteiger partial charge on any atom is 0.453 e. The Morgan fingerprint density at radius 2 is 1.67 bits per heavy atom. The number of amides is 1. The van der Waals surface area contributed by atoms with Crippen molar-refractivity contribution in [3.63, 3.8) is 0 Å². The molecule has 0 saturated heterocycles. The molecule has 0 bridgehead atoms. The van der Waals surface area contributed by atoms with Gasteiger partial charge in [0.1, 0.15) is 11.5 Å². The summed E-state index contributed by atoms with van der Waals surface area (Å²) in [4.78, 5) is 20.0. The van der Waals surface area contributed by atoms with Crippen molar-refractivity contribution in [3.05, 3.63) is 77.4 Å². The lowest BCUT2D eigenvalue weighted by atomic mass is 10.1. The molecule has 0 radical (unpaired) electrons. The summed E-state index contributed by atoms with van der Waals surface area (Å²) in [6.07, 6.45) is -4.24. The molecule has 2 heterocycles. The van der Waals surface area contributed by atoms with Gasteiger partial charge in [0.2, 0.25) is 5.91 Å². The second-order valence-corrected chi connectivity index (χ2v) is 7.39. The van der Waals surface area contributed by atoms with Crippen LogP contribution in [-0.4, -0.2) is 25.5 Å². The first kappa shape index (κ1) is 22.3. The van der Waals surface area contributed by atoms with Gasteiger partial charge in [-0.1, -0.05) is 18.2 Å². The zero-order valence-electron chi connectivity index (χ0n) is 17.8. The standard InChI is InChI=1S/C23H20F3N5O2/c1-14-19(15(2)31-22(27-14)29-21(30-31)23(24,25)26)12-13-20(32)28-16-8-10-18(11-9-16)33-17-6-4-3-5-7-17/h3-11H,12-13H2,1-2H3,(H,28,32). The van der Waals surface area contributed by atoms with Crippen molar-refractivity contribution in [1.29, 1.82) is 0 Å². The number of carbonyl (C=O) groups is 1. The lowest BCUT2D eigenvalue weighted by molar-refractivity contribution is -0.144. The number of hydrogen-bond donors (Lipinski definition) is 1. The Kier molecular flexibility index (Phi) is 5.99. The molecule has 0 unspecified atom stereocenters. The van der Waals surface area contributed by atoms with Crippen LogP contribution in [0.15, 0.2) is 54.6 Å². The quantitative estimate of drug-likeness (QED) is 0.436. The lowest BCUT2D eigenvalue weighted by Gasteiger charge is -2.11. The topological polar surface area (TPSA) is 81.4 Å². The van der Waals surface area contributed by atoms with Crippen molar-refractivity contribution in [2.45, 2.75) is 32.9 Å². The molecule has 1 amide bonds. The predicted molar refractivity (Wildman–Crippen MR) is 115 cm³/mol. The molecular formula is C23H20F3N5O2. The maximum atomic E-state index is 12.9. The molecule has 0 fully saturated rings. The monoisotopic (exact) mass is 455 g/mol. The summed E-state index contributed by atoms with van der Waals surface area (Å²) < 4.78 is 45.6. The molecule has 0 aliphatic rings. The minimum atomic E-state index is -4.66. The van der Waals surface area contributed by atoms with Crippen LogP contribution in [0.1, 0.15) is 29.2 Å². The van der Waals surface area contributed by atoms with Crippen LogP contribution < -0.4 is 10.1 Å². The van der Waals surface area contributed by atoms with Crippen molar-refractivity contribution < 1.29 is 22.7 Å². The number of hydrogen-bond acceptors (Lipinski definition) is 5. The zero-order valence-corrected chi connectivity index (χ0v) is 17.8. The van der Waals surface area contributed by atoms with Crippen molar-refractivity contribution >= 4 is 17.4 Å². The number of para-hydroxylation sites is 1. The number of alkyl halides is 3. The minimum Gasteiger partial charge on any atom is -0.457 e. The Morgan fingerprint density at radius 1 is 1.00 bits per heavy atom. The van der Waals surface area contributed by atoms with E-state index in [1.165, 1.54) is 0 Å². The number of carbonyl (C=O) groups excluding carboxylic acids is 1. The first-order valence-corrected chi connectivity index (χ1v) is 10.1. The lowest BCUT2D eigenvalue weighted by Crippen LogP contribution is -2.14. The number of aromatic nitrogens is 4. The molecule has 4 rings (SSSR count). The Hall–Kier alpha value is -3.95. The fourth-order valence-electron chi connectivity index (χ4n) is 3.38. The van der Waals surface area contributed by atoms with E-state index in [2.05, 4.69) is 20.4 Å². The van der Waals surface area contributed by atoms with Crippen LogP contribution in [0.2, 0.25) is 0 Å². The summed E-state index contributed by atoms with van der Waals surface area (Å²) in [5.74, 6) is -0.258. The number of nitrogens with one attached hydrogen (secondary N) is 1. The van der Waals surface area contributed by atoms with Gasteiger partial charge in [-0.25, -0.2) is 9.50 Å². The predicted octanol–water partition coefficient (Wildman–Crippen LogP) is 5.12. The van der Waals surface area contributed by atoms with Gasteiger partial charge in [-0.3, -0.25) is 4.79 Å². The average Bonchev–Trinajstić information content (AvgIpc) is 3.20. The number of halogens is 3. The molecule has 0 aliphatic heterocycles. The van der Waals surface area contributed by atoms with E-state index in [4.69, 9.17) is 4.74 Å². The molecule has 0 atom stereocenters. The first-order chi connectivity index (χ1) is 15.7. The van der Waals surface area contributed by atoms with Crippen molar-refractivity contribution in [1.82, 2.24) is 19.6 Å². The van der Waals surface area contributed by atoms with Gasteiger partial charge in [0.25, 0.3) is 11.6 Å². The van der Waals surface area contributed by atoms with Crippen LogP contribution >= 0.6 is 0 Å². The summed E-state index contributed by atoms with van der Waals surface area (Å²) in [6.45, 7) is 3.31. The molecule has 0 aliphatic carbocycles. The van der Waals surface area contributed by atoms with Crippen molar-refractivity contribution in [2.24, 2.45) is 0 Å². The summed E-state index contributed by atoms with van der Waals surface area (Å²) in [6, 6.07) is 16.3. The van der Waals surface area contributed by atoms with Gasteiger partial charge in [-0.15, -0.1) is 5.10 Å². The van der Waals surface area contributed by atoms with Crippen molar-refractivity contribution in [2.75, 3.05) is 5.32 Å². The highest BCUT2D eigenvalue weighted by Crippen LogP contribution is 2.27. The molecule has 4 aromatic rings. The summed E-state index contributed by atoms with van der Waals surface area (Å²) in [5.41, 5.74) is 2.24. The minimum absolute atomic E-state index is 0.122. The number of nitrogens with zero attached hydrogens (tertiary/aromatic N) is 4. The Morgan fingerprint density at radius 3 is 2.33 bits per heavy atom. The first-order valence-electron chi connectivity index (χ1n) is 10.1. The van der Waals surface area contributed by atoms with E-state index in [1.54, 1.807) is 38.1 Å². The highest BCUT2D eigenvalue weighted by atomic mass is 19.4. The number of anilines is 1. The fourth-order valence-corrected chi connectivity index (χ4v) is 3.38. The number of ether oxygens (including phenoxy) is 1. The van der Waals surface area contributed by atoms with E-state index in [9.17, 15) is 18.0 Å². The van der Waals surface area contributed by atoms with Crippen LogP contribution in [0.5, 0.6) is 11.5 Å². The van der Waals surface area contributed by atoms with Crippen LogP contribution in [0, 0.1) is 13.8 Å². The second-order valence-electron chi connectivity index (χ2n) is 7.39. The molecule has 0 saturated carbocycles. The Balaban J connectivity index is 1.40. The molecular weight excluding hydrogens is 435 g/mol. The van der Waals surface area contributed by atoms with Gasteiger partial charge in [-0.05, 0) is 62.2 Å². The number of aryl methyl sites for hydroxylation is 2. The van der Waals surface area contributed by atoms with E-state index in [0.717, 1.165) is 4.52 Å². The molecule has 0 spiro atoms. The second kappa shape index (κ2) is 8.89. The van der Waals surface area contributed by atoms with Gasteiger partial charge >= 0.3 is 6.18 Å². The molecule has 1 N–H and O–H groups in total. The van der Waals surface area contributed by atoms with E-state index >= 15 is 0 Å². The van der Waals surface area contributed by atoms with E-state index < -0.39 is 12.0 Å². The van der Waals surface area contributed by atoms with E-state index in [1.807, 2.05) is 30.3 Å². The molecule has 2 aromatic heterocycles. The van der Waals surface area contributed by atoms with Gasteiger partial charge in [0, 0.05) is 23.5 Å². The largest absolute Gasteiger partial charge is 0.457 e. The van der Waals surface area contributed by atoms with Crippen LogP contribution in [0.3, 0.4) is 0 Å². The van der Waals surface area contributed by atoms with Crippen LogP contribution in [-0.2, 0) is 17.4 Å². The molecule has 2 aromatic carbocycles. The van der Waals surface area contributed by atoms with Crippen molar-refractivity contribution in [3.8, 4) is 11.5 Å². The molecule has 7 nitrogen and oxygen atoms in total. The van der Waals surface area contributed by atoms with Gasteiger partial charge in [0.05, 0.1) is 0 Å². The SMILES string of the molecule is Cc1nc2nc(C(F)(F)F)nn2c(C)c1CCC(=O)Nc1ccc(Oc2ccccc2)cc1. The molecule has 10 heteroatoms. The molecule has 170 valence electrons. The summed E-state index contributed by atoms with van der Waals surface area (Å²) in [7, 11) is 0. The normalized spacial score (nSPS) is 11.5. The van der Waals surface area contributed by atoms with Gasteiger partial charge < -0.3 is 10.1 Å². The number of rotatable bonds is 6. The third kappa shape index (κ3) is 5.11. The van der Waals surface area contributed by atoms with E-state index in [-0.39, 0.29) is 18.1 Å². The van der Waals surface area contributed by atoms with Crippen LogP contribution in [0.25, 0.3) is 5.78 Å². The van der Waals surface area contributed by atoms with Crippen LogP contribution in [0.4, 0.5) is 18.9 Å². The maximum absolute atomic E-state index is 12.9. The third-order valence-corrected chi connectivity index (χ3v) is 5.02.